The molecule has 0 aliphatic heterocycles. The van der Waals surface area contributed by atoms with Gasteiger partial charge in [-0.3, -0.25) is 9.89 Å². The summed E-state index contributed by atoms with van der Waals surface area (Å²) in [5, 5.41) is 6.51. The van der Waals surface area contributed by atoms with Crippen LogP contribution in [-0.4, -0.2) is 40.1 Å². The number of rotatable bonds is 4. The number of carbonyl (C=O) groups is 1. The molecule has 17 heavy (non-hydrogen) atoms. The minimum Gasteiger partial charge on any atom is -0.336 e. The van der Waals surface area contributed by atoms with Gasteiger partial charge in [0, 0.05) is 18.8 Å². The number of aromatic nitrogens is 2. The lowest BCUT2D eigenvalue weighted by molar-refractivity contribution is 0.0652. The molecule has 1 fully saturated rings. The Morgan fingerprint density at radius 3 is 3.06 bits per heavy atom. The van der Waals surface area contributed by atoms with Crippen molar-refractivity contribution in [3.05, 3.63) is 18.0 Å². The highest BCUT2D eigenvalue weighted by Gasteiger charge is 2.33. The fourth-order valence-corrected chi connectivity index (χ4v) is 2.76. The maximum absolute atomic E-state index is 12.3. The maximum Gasteiger partial charge on any atom is 0.257 e. The third-order valence-corrected chi connectivity index (χ3v) is 3.67. The minimum atomic E-state index is 0.0617. The summed E-state index contributed by atoms with van der Waals surface area (Å²) in [6.45, 7) is 3.41. The molecule has 5 nitrogen and oxygen atoms in total. The van der Waals surface area contributed by atoms with Gasteiger partial charge in [0.25, 0.3) is 5.91 Å². The number of hydrogen-bond donors (Lipinski definition) is 2. The van der Waals surface area contributed by atoms with Crippen molar-refractivity contribution in [2.45, 2.75) is 32.2 Å². The van der Waals surface area contributed by atoms with Crippen LogP contribution in [0.4, 0.5) is 0 Å². The molecule has 3 N–H and O–H groups in total. The van der Waals surface area contributed by atoms with Crippen LogP contribution in [0, 0.1) is 5.92 Å². The van der Waals surface area contributed by atoms with E-state index in [0.29, 0.717) is 24.1 Å². The van der Waals surface area contributed by atoms with Crippen LogP contribution in [0.25, 0.3) is 0 Å². The highest BCUT2D eigenvalue weighted by molar-refractivity contribution is 5.93. The second-order valence-corrected chi connectivity index (χ2v) is 4.57. The Kier molecular flexibility index (Phi) is 3.78. The van der Waals surface area contributed by atoms with Crippen LogP contribution in [0.1, 0.15) is 36.5 Å². The summed E-state index contributed by atoms with van der Waals surface area (Å²) in [4.78, 5) is 14.3. The third-order valence-electron chi connectivity index (χ3n) is 3.67. The van der Waals surface area contributed by atoms with Crippen LogP contribution in [0.2, 0.25) is 0 Å². The van der Waals surface area contributed by atoms with Crippen LogP contribution in [0.5, 0.6) is 0 Å². The smallest absolute Gasteiger partial charge is 0.257 e. The second-order valence-electron chi connectivity index (χ2n) is 4.57. The first-order chi connectivity index (χ1) is 8.27. The van der Waals surface area contributed by atoms with Gasteiger partial charge >= 0.3 is 0 Å². The van der Waals surface area contributed by atoms with E-state index in [1.165, 1.54) is 6.42 Å². The zero-order chi connectivity index (χ0) is 12.3. The summed E-state index contributed by atoms with van der Waals surface area (Å²) in [6, 6.07) is 0.299. The Hall–Kier alpha value is -1.36. The first-order valence-electron chi connectivity index (χ1n) is 6.27. The van der Waals surface area contributed by atoms with E-state index in [1.807, 2.05) is 11.8 Å². The van der Waals surface area contributed by atoms with E-state index in [9.17, 15) is 4.79 Å². The van der Waals surface area contributed by atoms with Crippen LogP contribution >= 0.6 is 0 Å². The number of hydrogen-bond acceptors (Lipinski definition) is 3. The van der Waals surface area contributed by atoms with Crippen molar-refractivity contribution >= 4 is 5.91 Å². The molecule has 0 bridgehead atoms. The van der Waals surface area contributed by atoms with E-state index in [-0.39, 0.29) is 5.91 Å². The standard InChI is InChI=1S/C12H20N4O/c1-2-16(11-5-3-4-9(11)6-13)12(17)10-7-14-15-8-10/h7-9,11H,2-6,13H2,1H3,(H,14,15). The van der Waals surface area contributed by atoms with Crippen LogP contribution in [-0.2, 0) is 0 Å². The summed E-state index contributed by atoms with van der Waals surface area (Å²) in [5.41, 5.74) is 6.41. The topological polar surface area (TPSA) is 75.0 Å². The molecule has 94 valence electrons. The molecule has 2 rings (SSSR count). The van der Waals surface area contributed by atoms with Crippen LogP contribution in [0.3, 0.4) is 0 Å². The Morgan fingerprint density at radius 1 is 1.65 bits per heavy atom. The number of H-pyrrole nitrogens is 1. The fourth-order valence-electron chi connectivity index (χ4n) is 2.76. The third kappa shape index (κ3) is 2.34. The molecule has 0 saturated heterocycles. The van der Waals surface area contributed by atoms with Crippen molar-refractivity contribution in [3.8, 4) is 0 Å². The lowest BCUT2D eigenvalue weighted by Gasteiger charge is -2.31. The molecular weight excluding hydrogens is 216 g/mol. The van der Waals surface area contributed by atoms with Crippen molar-refractivity contribution in [1.82, 2.24) is 15.1 Å². The molecular formula is C12H20N4O. The van der Waals surface area contributed by atoms with E-state index in [4.69, 9.17) is 5.73 Å². The molecule has 0 aromatic carbocycles. The van der Waals surface area contributed by atoms with Crippen molar-refractivity contribution in [1.29, 1.82) is 0 Å². The number of nitrogens with zero attached hydrogens (tertiary/aromatic N) is 2. The lowest BCUT2D eigenvalue weighted by Crippen LogP contribution is -2.44. The van der Waals surface area contributed by atoms with Crippen LogP contribution < -0.4 is 5.73 Å². The van der Waals surface area contributed by atoms with Gasteiger partial charge in [-0.05, 0) is 32.2 Å². The van der Waals surface area contributed by atoms with E-state index in [0.717, 1.165) is 19.4 Å². The molecule has 1 amide bonds. The van der Waals surface area contributed by atoms with Gasteiger partial charge in [0.2, 0.25) is 0 Å². The zero-order valence-corrected chi connectivity index (χ0v) is 10.2. The van der Waals surface area contributed by atoms with Crippen molar-refractivity contribution < 1.29 is 4.79 Å². The number of nitrogens with two attached hydrogens (primary N) is 1. The Balaban J connectivity index is 2.13. The summed E-state index contributed by atoms with van der Waals surface area (Å²) in [7, 11) is 0. The molecule has 1 aliphatic rings. The SMILES string of the molecule is CCN(C(=O)c1cn[nH]c1)C1CCCC1CN. The average Bonchev–Trinajstić information content (AvgIpc) is 3.01. The van der Waals surface area contributed by atoms with Crippen LogP contribution in [0.15, 0.2) is 12.4 Å². The van der Waals surface area contributed by atoms with E-state index >= 15 is 0 Å². The lowest BCUT2D eigenvalue weighted by atomic mass is 10.0. The van der Waals surface area contributed by atoms with E-state index < -0.39 is 0 Å². The quantitative estimate of drug-likeness (QED) is 0.819. The average molecular weight is 236 g/mol. The molecule has 2 atom stereocenters. The summed E-state index contributed by atoms with van der Waals surface area (Å²) < 4.78 is 0. The molecule has 0 spiro atoms. The number of amides is 1. The van der Waals surface area contributed by atoms with E-state index in [2.05, 4.69) is 10.2 Å². The van der Waals surface area contributed by atoms with Gasteiger partial charge < -0.3 is 10.6 Å². The largest absolute Gasteiger partial charge is 0.336 e. The van der Waals surface area contributed by atoms with Gasteiger partial charge in [0.1, 0.15) is 0 Å². The summed E-state index contributed by atoms with van der Waals surface area (Å²) in [6.07, 6.45) is 6.60. The normalized spacial score (nSPS) is 23.9. The first kappa shape index (κ1) is 12.1. The Bertz CT molecular complexity index is 363. The predicted molar refractivity (Wildman–Crippen MR) is 65.5 cm³/mol. The van der Waals surface area contributed by atoms with Gasteiger partial charge in [-0.15, -0.1) is 0 Å². The van der Waals surface area contributed by atoms with E-state index in [1.54, 1.807) is 12.4 Å². The van der Waals surface area contributed by atoms with Gasteiger partial charge in [0.15, 0.2) is 0 Å². The summed E-state index contributed by atoms with van der Waals surface area (Å²) >= 11 is 0. The molecule has 1 aromatic heterocycles. The Morgan fingerprint density at radius 2 is 2.47 bits per heavy atom. The molecule has 2 unspecified atom stereocenters. The molecule has 0 radical (unpaired) electrons. The number of nitrogens with one attached hydrogen (secondary N) is 1. The predicted octanol–water partition coefficient (Wildman–Crippen LogP) is 0.999. The van der Waals surface area contributed by atoms with Gasteiger partial charge in [0.05, 0.1) is 11.8 Å². The minimum absolute atomic E-state index is 0.0617. The van der Waals surface area contributed by atoms with Crippen molar-refractivity contribution in [3.63, 3.8) is 0 Å². The number of aromatic amines is 1. The molecule has 5 heteroatoms. The highest BCUT2D eigenvalue weighted by Crippen LogP contribution is 2.29. The Labute approximate surface area is 101 Å². The molecule has 1 heterocycles. The van der Waals surface area contributed by atoms with Gasteiger partial charge in [-0.25, -0.2) is 0 Å². The second kappa shape index (κ2) is 5.31. The zero-order valence-electron chi connectivity index (χ0n) is 10.2. The fraction of sp³-hybridized carbons (Fsp3) is 0.667. The first-order valence-corrected chi connectivity index (χ1v) is 6.27. The highest BCUT2D eigenvalue weighted by atomic mass is 16.2. The number of carbonyl (C=O) groups excluding carboxylic acids is 1. The monoisotopic (exact) mass is 236 g/mol. The van der Waals surface area contributed by atoms with Crippen molar-refractivity contribution in [2.24, 2.45) is 11.7 Å². The van der Waals surface area contributed by atoms with Gasteiger partial charge in [-0.1, -0.05) is 6.42 Å². The van der Waals surface area contributed by atoms with Crippen molar-refractivity contribution in [2.75, 3.05) is 13.1 Å². The van der Waals surface area contributed by atoms with Gasteiger partial charge in [-0.2, -0.15) is 5.10 Å². The summed E-state index contributed by atoms with van der Waals surface area (Å²) in [5.74, 6) is 0.511. The molecule has 1 saturated carbocycles. The molecule has 1 aliphatic carbocycles. The molecule has 1 aromatic rings. The maximum atomic E-state index is 12.3.